The maximum atomic E-state index is 11.0. The fourth-order valence-electron chi connectivity index (χ4n) is 16.8. The lowest BCUT2D eigenvalue weighted by molar-refractivity contribution is -0.346. The number of carbonyl (C=O) groups is 4. The second kappa shape index (κ2) is 52.3. The van der Waals surface area contributed by atoms with Gasteiger partial charge in [0.15, 0.2) is 0 Å². The Morgan fingerprint density at radius 1 is 0.267 bits per heavy atom. The van der Waals surface area contributed by atoms with Crippen LogP contribution in [0.1, 0.15) is 311 Å². The quantitative estimate of drug-likeness (QED) is 0.0183. The van der Waals surface area contributed by atoms with E-state index in [4.69, 9.17) is 59.5 Å². The molecular weight excluding hydrogens is 1460 g/mol. The molecule has 4 N–H and O–H groups in total. The Bertz CT molecular complexity index is 3440. The maximum absolute atomic E-state index is 11.0. The normalized spacial score (nSPS) is 25.8. The average Bonchev–Trinajstić information content (AvgIpc) is 1.68. The van der Waals surface area contributed by atoms with E-state index in [-0.39, 0.29) is 25.7 Å². The molecular formula is C100H144O16. The zero-order valence-electron chi connectivity index (χ0n) is 72.4. The topological polar surface area (TPSA) is 223 Å². The molecule has 0 aliphatic carbocycles. The van der Waals surface area contributed by atoms with Crippen molar-refractivity contribution in [2.24, 2.45) is 23.7 Å². The van der Waals surface area contributed by atoms with Crippen molar-refractivity contribution in [2.45, 2.75) is 333 Å². The lowest BCUT2D eigenvalue weighted by Crippen LogP contribution is -2.31. The van der Waals surface area contributed by atoms with Gasteiger partial charge in [-0.2, -0.15) is 0 Å². The number of rotatable bonds is 48. The molecule has 4 unspecified atom stereocenters. The lowest BCUT2D eigenvalue weighted by atomic mass is 9.81. The van der Waals surface area contributed by atoms with Gasteiger partial charge >= 0.3 is 23.9 Å². The molecule has 4 aromatic carbocycles. The summed E-state index contributed by atoms with van der Waals surface area (Å²) in [6.45, 7) is 24.3. The minimum atomic E-state index is -0.854. The SMILES string of the molecule is CC(CC/C=C/CC/C=C/c1ccccc1)C[C@]1(C)C[C@@](C)(CC(=O)O)OO1.CC(CC/C=C/CC/C=C/c1ccccc1)C[C@]1(C)C[C@](C)(CC(=O)O)OO1.CC(CCCC/C=C/CC/C=C/c1ccccc1)C[C@]1(C)C[C@@](C)(CC(=O)O)OO1.CC(CCCC/C=C/CC/C=C/c1ccccc1)C[C@]1(C)C[C@](C)(CC(=O)O)OO1. The summed E-state index contributed by atoms with van der Waals surface area (Å²) >= 11 is 0. The van der Waals surface area contributed by atoms with Crippen LogP contribution < -0.4 is 0 Å². The van der Waals surface area contributed by atoms with Crippen LogP contribution in [0.15, 0.2) is 194 Å². The number of carboxylic acids is 4. The summed E-state index contributed by atoms with van der Waals surface area (Å²) in [5.74, 6) is -1.38. The molecule has 0 aromatic heterocycles. The summed E-state index contributed by atoms with van der Waals surface area (Å²) in [5.41, 5.74) is 0.497. The summed E-state index contributed by atoms with van der Waals surface area (Å²) in [7, 11) is 0. The summed E-state index contributed by atoms with van der Waals surface area (Å²) < 4.78 is 0. The second-order valence-corrected chi connectivity index (χ2v) is 35.7. The molecule has 12 atom stereocenters. The van der Waals surface area contributed by atoms with Crippen LogP contribution in [0.2, 0.25) is 0 Å². The molecule has 4 saturated heterocycles. The van der Waals surface area contributed by atoms with E-state index in [1.165, 1.54) is 47.9 Å². The number of hydrogen-bond donors (Lipinski definition) is 4. The predicted molar refractivity (Wildman–Crippen MR) is 469 cm³/mol. The number of carboxylic acid groups (broad SMARTS) is 4. The van der Waals surface area contributed by atoms with E-state index in [9.17, 15) is 19.2 Å². The van der Waals surface area contributed by atoms with E-state index < -0.39 is 68.7 Å². The van der Waals surface area contributed by atoms with Crippen molar-refractivity contribution in [3.8, 4) is 0 Å². The third-order valence-corrected chi connectivity index (χ3v) is 21.4. The summed E-state index contributed by atoms with van der Waals surface area (Å²) in [6.07, 6.45) is 63.8. The van der Waals surface area contributed by atoms with Gasteiger partial charge < -0.3 is 20.4 Å². The third kappa shape index (κ3) is 43.7. The third-order valence-electron chi connectivity index (χ3n) is 21.4. The van der Waals surface area contributed by atoms with Crippen molar-refractivity contribution in [3.05, 3.63) is 216 Å². The Labute approximate surface area is 696 Å². The van der Waals surface area contributed by atoms with E-state index >= 15 is 0 Å². The lowest BCUT2D eigenvalue weighted by Gasteiger charge is -2.25. The van der Waals surface area contributed by atoms with Crippen molar-refractivity contribution in [2.75, 3.05) is 0 Å². The highest BCUT2D eigenvalue weighted by Gasteiger charge is 2.51. The van der Waals surface area contributed by atoms with Crippen LogP contribution in [0.25, 0.3) is 24.3 Å². The van der Waals surface area contributed by atoms with Crippen LogP contribution in [0.5, 0.6) is 0 Å². The van der Waals surface area contributed by atoms with Crippen molar-refractivity contribution in [3.63, 3.8) is 0 Å². The van der Waals surface area contributed by atoms with Gasteiger partial charge in [-0.3, -0.25) is 19.2 Å². The van der Waals surface area contributed by atoms with Crippen LogP contribution in [-0.4, -0.2) is 89.1 Å². The Morgan fingerprint density at radius 2 is 0.457 bits per heavy atom. The molecule has 0 bridgehead atoms. The molecule has 16 heteroatoms. The number of unbranched alkanes of at least 4 members (excludes halogenated alkanes) is 8. The average molecular weight is 1600 g/mol. The standard InChI is InChI=1S/2C26H38O4.2C24H34O4/c2*1-22(19-25(2)21-26(3,30-29-25)20-24(27)28)15-11-8-6-4-5-7-9-12-16-23-17-13-10-14-18-23;2*1-20(17-23(2)19-24(3,28-27-23)18-22(25)26)13-9-6-4-5-7-10-14-21-15-11-8-12-16-21/h2*4-5,10,12-14,16-18,22H,6-9,11,15,19-21H2,1-3H3,(H,27,28);2*4,6,8,10-12,14-16,20H,5,7,9,13,17-19H2,1-3H3,(H,25,26)/b2*5-4+,16-12+;2*6-4+,14-10+/t22?,25-,26+;22?,25-,26-;20?,23-,24+;20?,23-,24-/m1111/s1. The Balaban J connectivity index is 0.000000276. The van der Waals surface area contributed by atoms with E-state index in [0.717, 1.165) is 128 Å². The van der Waals surface area contributed by atoms with Crippen LogP contribution >= 0.6 is 0 Å². The zero-order valence-corrected chi connectivity index (χ0v) is 72.4. The molecule has 0 spiro atoms. The van der Waals surface area contributed by atoms with Crippen LogP contribution in [0, 0.1) is 23.7 Å². The van der Waals surface area contributed by atoms with Crippen molar-refractivity contribution < 1.29 is 78.7 Å². The van der Waals surface area contributed by atoms with Gasteiger partial charge in [0.25, 0.3) is 0 Å². The summed E-state index contributed by atoms with van der Waals surface area (Å²) in [5, 5.41) is 36.1. The summed E-state index contributed by atoms with van der Waals surface area (Å²) in [6, 6.07) is 41.5. The van der Waals surface area contributed by atoms with E-state index in [1.54, 1.807) is 0 Å². The molecule has 8 rings (SSSR count). The Morgan fingerprint density at radius 3 is 0.681 bits per heavy atom. The molecule has 4 aromatic rings. The van der Waals surface area contributed by atoms with Gasteiger partial charge in [-0.05, 0) is 230 Å². The second-order valence-electron chi connectivity index (χ2n) is 35.7. The van der Waals surface area contributed by atoms with Crippen molar-refractivity contribution >= 4 is 48.2 Å². The molecule has 4 heterocycles. The Kier molecular flexibility index (Phi) is 44.6. The van der Waals surface area contributed by atoms with Gasteiger partial charge in [-0.15, -0.1) is 0 Å². The smallest absolute Gasteiger partial charge is 0.306 e. The molecule has 0 amide bonds. The van der Waals surface area contributed by atoms with Crippen molar-refractivity contribution in [1.82, 2.24) is 0 Å². The van der Waals surface area contributed by atoms with Gasteiger partial charge in [0, 0.05) is 25.7 Å². The largest absolute Gasteiger partial charge is 0.481 e. The fraction of sp³-hybridized carbons (Fsp3) is 0.560. The highest BCUT2D eigenvalue weighted by Crippen LogP contribution is 2.46. The molecule has 0 radical (unpaired) electrons. The predicted octanol–water partition coefficient (Wildman–Crippen LogP) is 26.3. The number of hydrogen-bond acceptors (Lipinski definition) is 12. The van der Waals surface area contributed by atoms with Gasteiger partial charge in [-0.25, -0.2) is 39.1 Å². The van der Waals surface area contributed by atoms with Crippen LogP contribution in [-0.2, 0) is 58.3 Å². The molecule has 4 fully saturated rings. The highest BCUT2D eigenvalue weighted by atomic mass is 17.2. The first-order valence-corrected chi connectivity index (χ1v) is 43.0. The van der Waals surface area contributed by atoms with E-state index in [1.807, 2.05) is 79.7 Å². The van der Waals surface area contributed by atoms with E-state index in [0.29, 0.717) is 49.4 Å². The zero-order chi connectivity index (χ0) is 84.7. The number of benzene rings is 4. The Hall–Kier alpha value is -7.64. The minimum absolute atomic E-state index is 0.0225. The van der Waals surface area contributed by atoms with Crippen LogP contribution in [0.3, 0.4) is 0 Å². The molecule has 16 nitrogen and oxygen atoms in total. The minimum Gasteiger partial charge on any atom is -0.481 e. The monoisotopic (exact) mass is 1600 g/mol. The van der Waals surface area contributed by atoms with Crippen molar-refractivity contribution in [1.29, 1.82) is 0 Å². The molecule has 0 saturated carbocycles. The van der Waals surface area contributed by atoms with Gasteiger partial charge in [0.1, 0.15) is 44.8 Å². The van der Waals surface area contributed by atoms with Gasteiger partial charge in [0.2, 0.25) is 0 Å². The maximum Gasteiger partial charge on any atom is 0.306 e. The first-order chi connectivity index (χ1) is 55.2. The molecule has 4 aliphatic heterocycles. The van der Waals surface area contributed by atoms with Gasteiger partial charge in [0.05, 0.1) is 25.7 Å². The molecule has 116 heavy (non-hydrogen) atoms. The first kappa shape index (κ1) is 98.9. The van der Waals surface area contributed by atoms with Crippen LogP contribution in [0.4, 0.5) is 0 Å². The van der Waals surface area contributed by atoms with Gasteiger partial charge in [-0.1, -0.05) is 272 Å². The molecule has 640 valence electrons. The number of allylic oxidation sites excluding steroid dienone is 12. The van der Waals surface area contributed by atoms with E-state index in [2.05, 4.69) is 222 Å². The highest BCUT2D eigenvalue weighted by molar-refractivity contribution is 5.69. The fourth-order valence-corrected chi connectivity index (χ4v) is 16.8. The molecule has 4 aliphatic rings. The number of aliphatic carboxylic acids is 4. The summed E-state index contributed by atoms with van der Waals surface area (Å²) in [4.78, 5) is 87.8. The first-order valence-electron chi connectivity index (χ1n) is 43.0.